The second-order valence-electron chi connectivity index (χ2n) is 25.8. The van der Waals surface area contributed by atoms with E-state index < -0.39 is 78.3 Å². The summed E-state index contributed by atoms with van der Waals surface area (Å²) in [6.45, 7) is 6.50. The average Bonchev–Trinajstić information content (AvgIpc) is 1.78. The van der Waals surface area contributed by atoms with Gasteiger partial charge in [0.15, 0.2) is 0 Å². The van der Waals surface area contributed by atoms with Gasteiger partial charge in [0.05, 0.1) is 74.2 Å². The number of thioether (sulfide) groups is 1. The number of nitriles is 1. The number of ketones is 1. The molecule has 26 nitrogen and oxygen atoms in total. The predicted octanol–water partition coefficient (Wildman–Crippen LogP) is 3.73. The Morgan fingerprint density at radius 3 is 1.95 bits per heavy atom. The summed E-state index contributed by atoms with van der Waals surface area (Å²) in [4.78, 5) is 147. The number of aliphatic carboxylic acids is 3. The Hall–Kier alpha value is -7.75. The number of unbranched alkanes of at least 4 members (excludes halogenated alkanes) is 4. The highest BCUT2D eigenvalue weighted by atomic mass is 32.2. The number of hydrogen-bond acceptors (Lipinski definition) is 19. The SMILES string of the molecule is Cc1ccc(CCCC(=O)CCCCCCC(CNC(=O)CN2CCN(CC(=O)O)CCN(CC(=O)O)CCN(CC(=O)O)CC2)SC2CC(=O)N(CC(C)C(=O)N3CCN(CCCCOc4ccc5nccc(C(=O)NCC(=O)N6CC(F)(F)C[C@@H]6C#N)c5c4)CC3)C2=O)cc1. The normalized spacial score (nSPS) is 19.4. The maximum absolute atomic E-state index is 14.2. The van der Waals surface area contributed by atoms with Crippen molar-refractivity contribution in [2.75, 3.05) is 144 Å². The van der Waals surface area contributed by atoms with Crippen molar-refractivity contribution in [3.05, 3.63) is 71.4 Å². The number of imide groups is 1. The number of rotatable bonds is 35. The summed E-state index contributed by atoms with van der Waals surface area (Å²) in [5, 5.41) is 43.1. The molecule has 6 amide bonds. The van der Waals surface area contributed by atoms with Crippen LogP contribution in [0.5, 0.6) is 5.75 Å². The lowest BCUT2D eigenvalue weighted by Gasteiger charge is -2.36. The number of carboxylic acids is 3. The van der Waals surface area contributed by atoms with Crippen molar-refractivity contribution in [3.63, 3.8) is 0 Å². The number of likely N-dealkylation sites (tertiary alicyclic amines) is 2. The van der Waals surface area contributed by atoms with Gasteiger partial charge < -0.3 is 40.5 Å². The Balaban J connectivity index is 0.868. The summed E-state index contributed by atoms with van der Waals surface area (Å²) in [6.07, 6.45) is 8.37. The molecule has 4 aliphatic rings. The highest BCUT2D eigenvalue weighted by molar-refractivity contribution is 8.01. The number of alkyl halides is 2. The molecule has 7 rings (SSSR count). The number of Topliss-reactive ketones (excluding diaryl/α,β-unsaturated/α-hetero) is 1. The number of carboxylic acid groups (broad SMARTS) is 3. The number of aryl methyl sites for hydroxylation is 2. The Morgan fingerprint density at radius 2 is 1.33 bits per heavy atom. The fraction of sp³-hybridized carbons (Fsp3) is 0.618. The third-order valence-corrected chi connectivity index (χ3v) is 19.5. The minimum Gasteiger partial charge on any atom is -0.494 e. The number of ether oxygens (including phenoxy) is 1. The molecule has 530 valence electrons. The van der Waals surface area contributed by atoms with E-state index in [1.54, 1.807) is 50.8 Å². The zero-order chi connectivity index (χ0) is 70.0. The van der Waals surface area contributed by atoms with Crippen LogP contribution in [0.3, 0.4) is 0 Å². The van der Waals surface area contributed by atoms with Crippen molar-refractivity contribution in [1.29, 1.82) is 5.26 Å². The summed E-state index contributed by atoms with van der Waals surface area (Å²) in [5.41, 5.74) is 3.09. The van der Waals surface area contributed by atoms with Crippen molar-refractivity contribution in [1.82, 2.24) is 54.8 Å². The van der Waals surface area contributed by atoms with Crippen LogP contribution in [0.4, 0.5) is 8.78 Å². The van der Waals surface area contributed by atoms with Gasteiger partial charge in [-0.1, -0.05) is 56.0 Å². The maximum Gasteiger partial charge on any atom is 0.317 e. The number of aromatic nitrogens is 1. The molecular weight excluding hydrogens is 1280 g/mol. The Labute approximate surface area is 569 Å². The monoisotopic (exact) mass is 1370 g/mol. The van der Waals surface area contributed by atoms with Gasteiger partial charge in [-0.2, -0.15) is 5.26 Å². The Kier molecular flexibility index (Phi) is 30.3. The van der Waals surface area contributed by atoms with E-state index in [1.807, 2.05) is 11.8 Å². The molecule has 2 aromatic carbocycles. The van der Waals surface area contributed by atoms with E-state index in [1.165, 1.54) is 40.1 Å². The van der Waals surface area contributed by atoms with Gasteiger partial charge in [0.1, 0.15) is 17.6 Å². The number of pyridine rings is 1. The first kappa shape index (κ1) is 76.6. The van der Waals surface area contributed by atoms with E-state index in [9.17, 15) is 77.3 Å². The van der Waals surface area contributed by atoms with E-state index in [0.29, 0.717) is 75.1 Å². The van der Waals surface area contributed by atoms with Crippen LogP contribution in [0.1, 0.15) is 105 Å². The molecule has 0 aliphatic carbocycles. The number of fused-ring (bicyclic) bond motifs is 1. The molecule has 0 bridgehead atoms. The molecule has 29 heteroatoms. The van der Waals surface area contributed by atoms with Gasteiger partial charge in [0.25, 0.3) is 11.8 Å². The van der Waals surface area contributed by atoms with Crippen LogP contribution in [0.25, 0.3) is 10.9 Å². The van der Waals surface area contributed by atoms with Crippen LogP contribution >= 0.6 is 11.8 Å². The molecule has 0 saturated carbocycles. The molecule has 3 unspecified atom stereocenters. The highest BCUT2D eigenvalue weighted by Gasteiger charge is 2.47. The lowest BCUT2D eigenvalue weighted by Crippen LogP contribution is -2.51. The number of benzene rings is 2. The lowest BCUT2D eigenvalue weighted by atomic mass is 10.0. The summed E-state index contributed by atoms with van der Waals surface area (Å²) in [6, 6.07) is 15.3. The molecule has 4 saturated heterocycles. The molecule has 3 aromatic rings. The molecule has 1 aromatic heterocycles. The predicted molar refractivity (Wildman–Crippen MR) is 357 cm³/mol. The average molecular weight is 1370 g/mol. The third kappa shape index (κ3) is 25.6. The van der Waals surface area contributed by atoms with E-state index in [0.717, 1.165) is 56.4 Å². The number of hydrogen-bond donors (Lipinski definition) is 5. The smallest absolute Gasteiger partial charge is 0.317 e. The summed E-state index contributed by atoms with van der Waals surface area (Å²) >= 11 is 1.33. The van der Waals surface area contributed by atoms with Gasteiger partial charge in [-0.25, -0.2) is 8.78 Å². The molecule has 0 radical (unpaired) electrons. The molecule has 5 N–H and O–H groups in total. The van der Waals surface area contributed by atoms with E-state index >= 15 is 0 Å². The van der Waals surface area contributed by atoms with E-state index in [-0.39, 0.29) is 132 Å². The van der Waals surface area contributed by atoms with Crippen molar-refractivity contribution >= 4 is 81.8 Å². The first-order valence-electron chi connectivity index (χ1n) is 33.7. The Bertz CT molecular complexity index is 3210. The van der Waals surface area contributed by atoms with Crippen molar-refractivity contribution < 1.29 is 76.8 Å². The molecule has 4 atom stereocenters. The van der Waals surface area contributed by atoms with E-state index in [4.69, 9.17) is 4.74 Å². The number of carbonyl (C=O) groups is 10. The van der Waals surface area contributed by atoms with Crippen LogP contribution in [0.2, 0.25) is 0 Å². The maximum atomic E-state index is 14.2. The first-order chi connectivity index (χ1) is 46.4. The number of halogens is 2. The van der Waals surface area contributed by atoms with Crippen LogP contribution < -0.4 is 15.4 Å². The zero-order valence-electron chi connectivity index (χ0n) is 55.7. The number of nitrogens with zero attached hydrogens (tertiary/aromatic N) is 10. The third-order valence-electron chi connectivity index (χ3n) is 18.0. The standard InChI is InChI=1S/C68H94F2N12O14S/c1-48-14-16-50(17-15-48)10-9-12-52(83)11-5-3-4-6-13-54(40-73-59(84)43-76-23-25-77(44-62(87)88)27-29-79(46-64(91)92)30-28-78(26-24-76)45-63(89)90)97-58-37-60(85)81(67(58)95)42-49(2)66(94)80-33-31-75(32-34-80)22-7-8-35-96-53-18-19-57-56(36-53)55(20-21-72-57)65(93)74-41-61(86)82-47-68(69,70)38-51(82)39-71/h14-21,36,49,51,54,58H,3-13,22-35,37-38,40-47H2,1-2H3,(H,73,84)(H,74,93)(H,87,88)(H,89,90)(H,91,92)/t49?,51-,54?,58?/m1/s1. The quantitative estimate of drug-likeness (QED) is 0.0414. The number of nitrogens with one attached hydrogen (secondary N) is 2. The van der Waals surface area contributed by atoms with Gasteiger partial charge in [0, 0.05) is 134 Å². The van der Waals surface area contributed by atoms with Gasteiger partial charge in [-0.15, -0.1) is 11.8 Å². The lowest BCUT2D eigenvalue weighted by molar-refractivity contribution is -0.143. The highest BCUT2D eigenvalue weighted by Crippen LogP contribution is 2.33. The van der Waals surface area contributed by atoms with Gasteiger partial charge in [-0.3, -0.25) is 82.3 Å². The largest absolute Gasteiger partial charge is 0.494 e. The summed E-state index contributed by atoms with van der Waals surface area (Å²) in [7, 11) is 0. The molecule has 97 heavy (non-hydrogen) atoms. The van der Waals surface area contributed by atoms with Gasteiger partial charge in [-0.05, 0) is 81.8 Å². The molecule has 4 aliphatic heterocycles. The van der Waals surface area contributed by atoms with Crippen LogP contribution in [0, 0.1) is 24.2 Å². The molecule has 0 spiro atoms. The number of amides is 6. The minimum atomic E-state index is -3.19. The topological polar surface area (TPSA) is 327 Å². The van der Waals surface area contributed by atoms with E-state index in [2.05, 4.69) is 44.8 Å². The van der Waals surface area contributed by atoms with Crippen LogP contribution in [-0.4, -0.2) is 285 Å². The second-order valence-corrected chi connectivity index (χ2v) is 27.3. The molecule has 4 fully saturated rings. The second kappa shape index (κ2) is 38.4. The number of carbonyl (C=O) groups excluding carboxylic acids is 7. The van der Waals surface area contributed by atoms with Crippen LogP contribution in [0.15, 0.2) is 54.7 Å². The van der Waals surface area contributed by atoms with Gasteiger partial charge >= 0.3 is 17.9 Å². The van der Waals surface area contributed by atoms with Crippen LogP contribution in [-0.2, 0) is 49.6 Å². The van der Waals surface area contributed by atoms with Gasteiger partial charge in [0.2, 0.25) is 29.5 Å². The summed E-state index contributed by atoms with van der Waals surface area (Å²) in [5.74, 6) is -9.04. The van der Waals surface area contributed by atoms with Crippen molar-refractivity contribution in [2.24, 2.45) is 5.92 Å². The first-order valence-corrected chi connectivity index (χ1v) is 34.6. The fourth-order valence-electron chi connectivity index (χ4n) is 12.5. The summed E-state index contributed by atoms with van der Waals surface area (Å²) < 4.78 is 33.9. The number of piperazine rings is 1. The fourth-order valence-corrected chi connectivity index (χ4v) is 14.0. The Morgan fingerprint density at radius 1 is 0.732 bits per heavy atom. The minimum absolute atomic E-state index is 0.0718. The zero-order valence-corrected chi connectivity index (χ0v) is 56.5. The van der Waals surface area contributed by atoms with Crippen molar-refractivity contribution in [2.45, 2.75) is 120 Å². The molecule has 5 heterocycles. The molecular formula is C68H94F2N12O14S. The van der Waals surface area contributed by atoms with Crippen molar-refractivity contribution in [3.8, 4) is 11.8 Å².